The maximum Gasteiger partial charge on any atom is 0.237 e. The molecule has 0 bridgehead atoms. The standard InChI is InChI=1S/C14H29NO3S/c1-11(2)7-15(8-12(3)4)14(16)10-19(17,18)9-13(5)6/h11-13H,7-10H2,1-6H3. The molecule has 0 aliphatic rings. The highest BCUT2D eigenvalue weighted by molar-refractivity contribution is 7.92. The third-order valence-corrected chi connectivity index (χ3v) is 4.32. The molecule has 0 aromatic heterocycles. The fourth-order valence-electron chi connectivity index (χ4n) is 2.01. The fourth-order valence-corrected chi connectivity index (χ4v) is 3.70. The van der Waals surface area contributed by atoms with Crippen LogP contribution in [0.2, 0.25) is 0 Å². The fraction of sp³-hybridized carbons (Fsp3) is 0.929. The van der Waals surface area contributed by atoms with Crippen LogP contribution in [-0.4, -0.2) is 43.8 Å². The molecule has 0 radical (unpaired) electrons. The summed E-state index contributed by atoms with van der Waals surface area (Å²) in [6.45, 7) is 13.1. The van der Waals surface area contributed by atoms with Gasteiger partial charge in [-0.25, -0.2) is 8.42 Å². The van der Waals surface area contributed by atoms with E-state index in [9.17, 15) is 13.2 Å². The van der Waals surface area contributed by atoms with Gasteiger partial charge in [-0.15, -0.1) is 0 Å². The van der Waals surface area contributed by atoms with Gasteiger partial charge in [0.2, 0.25) is 5.91 Å². The Morgan fingerprint density at radius 1 is 0.895 bits per heavy atom. The highest BCUT2D eigenvalue weighted by Crippen LogP contribution is 2.07. The van der Waals surface area contributed by atoms with E-state index in [1.54, 1.807) is 4.90 Å². The van der Waals surface area contributed by atoms with Crippen LogP contribution in [-0.2, 0) is 14.6 Å². The summed E-state index contributed by atoms with van der Waals surface area (Å²) < 4.78 is 23.8. The zero-order valence-electron chi connectivity index (χ0n) is 13.1. The SMILES string of the molecule is CC(C)CN(CC(C)C)C(=O)CS(=O)(=O)CC(C)C. The molecule has 114 valence electrons. The van der Waals surface area contributed by atoms with Crippen molar-refractivity contribution in [3.05, 3.63) is 0 Å². The quantitative estimate of drug-likeness (QED) is 0.689. The Bertz CT molecular complexity index is 362. The van der Waals surface area contributed by atoms with E-state index in [1.165, 1.54) is 0 Å². The minimum absolute atomic E-state index is 0.0569. The first kappa shape index (κ1) is 18.4. The molecule has 0 fully saturated rings. The van der Waals surface area contributed by atoms with Crippen LogP contribution in [0.4, 0.5) is 0 Å². The number of carbonyl (C=O) groups is 1. The molecule has 0 aromatic rings. The number of hydrogen-bond donors (Lipinski definition) is 0. The Morgan fingerprint density at radius 3 is 1.63 bits per heavy atom. The summed E-state index contributed by atoms with van der Waals surface area (Å²) in [5.74, 6) is 0.205. The smallest absolute Gasteiger partial charge is 0.237 e. The molecule has 0 saturated carbocycles. The van der Waals surface area contributed by atoms with Crippen molar-refractivity contribution in [1.82, 2.24) is 4.90 Å². The molecule has 0 rings (SSSR count). The van der Waals surface area contributed by atoms with Gasteiger partial charge in [-0.1, -0.05) is 41.5 Å². The molecule has 0 spiro atoms. The topological polar surface area (TPSA) is 54.5 Å². The number of rotatable bonds is 8. The largest absolute Gasteiger partial charge is 0.341 e. The molecule has 1 amide bonds. The van der Waals surface area contributed by atoms with Gasteiger partial charge in [0.25, 0.3) is 0 Å². The van der Waals surface area contributed by atoms with Gasteiger partial charge in [0.15, 0.2) is 9.84 Å². The Balaban J connectivity index is 4.72. The van der Waals surface area contributed by atoms with Crippen molar-refractivity contribution in [2.45, 2.75) is 41.5 Å². The average molecular weight is 291 g/mol. The summed E-state index contributed by atoms with van der Waals surface area (Å²) in [6, 6.07) is 0. The molecule has 0 aliphatic carbocycles. The van der Waals surface area contributed by atoms with Crippen LogP contribution in [0.3, 0.4) is 0 Å². The van der Waals surface area contributed by atoms with Gasteiger partial charge < -0.3 is 4.90 Å². The van der Waals surface area contributed by atoms with E-state index >= 15 is 0 Å². The molecule has 0 N–H and O–H groups in total. The van der Waals surface area contributed by atoms with Crippen LogP contribution >= 0.6 is 0 Å². The first-order valence-corrected chi connectivity index (χ1v) is 8.83. The Labute approximate surface area is 118 Å². The zero-order chi connectivity index (χ0) is 15.2. The van der Waals surface area contributed by atoms with E-state index in [1.807, 2.05) is 41.5 Å². The van der Waals surface area contributed by atoms with E-state index in [2.05, 4.69) is 0 Å². The van der Waals surface area contributed by atoms with Crippen LogP contribution in [0.5, 0.6) is 0 Å². The Hall–Kier alpha value is -0.580. The van der Waals surface area contributed by atoms with E-state index in [0.29, 0.717) is 24.9 Å². The van der Waals surface area contributed by atoms with Crippen LogP contribution in [0.1, 0.15) is 41.5 Å². The Kier molecular flexibility index (Phi) is 7.64. The normalized spacial score (nSPS) is 12.5. The number of nitrogens with zero attached hydrogens (tertiary/aromatic N) is 1. The maximum atomic E-state index is 12.2. The van der Waals surface area contributed by atoms with Gasteiger partial charge in [-0.3, -0.25) is 4.79 Å². The van der Waals surface area contributed by atoms with Crippen molar-refractivity contribution in [3.63, 3.8) is 0 Å². The van der Waals surface area contributed by atoms with Crippen molar-refractivity contribution in [2.24, 2.45) is 17.8 Å². The highest BCUT2D eigenvalue weighted by Gasteiger charge is 2.23. The number of carbonyl (C=O) groups excluding carboxylic acids is 1. The summed E-state index contributed by atoms with van der Waals surface area (Å²) in [5, 5.41) is 0. The predicted octanol–water partition coefficient (Wildman–Crippen LogP) is 2.20. The van der Waals surface area contributed by atoms with Crippen LogP contribution in [0.15, 0.2) is 0 Å². The second-order valence-electron chi connectivity index (χ2n) is 6.53. The number of amides is 1. The summed E-state index contributed by atoms with van der Waals surface area (Å²) in [6.07, 6.45) is 0. The van der Waals surface area contributed by atoms with Gasteiger partial charge in [0.1, 0.15) is 5.75 Å². The second-order valence-corrected chi connectivity index (χ2v) is 8.64. The van der Waals surface area contributed by atoms with Crippen molar-refractivity contribution in [2.75, 3.05) is 24.6 Å². The second kappa shape index (κ2) is 7.88. The van der Waals surface area contributed by atoms with Crippen molar-refractivity contribution >= 4 is 15.7 Å². The molecule has 0 atom stereocenters. The lowest BCUT2D eigenvalue weighted by Crippen LogP contribution is -2.41. The summed E-state index contributed by atoms with van der Waals surface area (Å²) in [4.78, 5) is 13.8. The summed E-state index contributed by atoms with van der Waals surface area (Å²) >= 11 is 0. The van der Waals surface area contributed by atoms with Gasteiger partial charge in [0.05, 0.1) is 5.75 Å². The molecule has 0 unspecified atom stereocenters. The predicted molar refractivity (Wildman–Crippen MR) is 79.7 cm³/mol. The minimum atomic E-state index is -3.29. The van der Waals surface area contributed by atoms with Crippen molar-refractivity contribution in [1.29, 1.82) is 0 Å². The van der Waals surface area contributed by atoms with Gasteiger partial charge in [0, 0.05) is 13.1 Å². The van der Waals surface area contributed by atoms with Gasteiger partial charge >= 0.3 is 0 Å². The van der Waals surface area contributed by atoms with E-state index < -0.39 is 9.84 Å². The molecule has 0 saturated heterocycles. The molecule has 19 heavy (non-hydrogen) atoms. The lowest BCUT2D eigenvalue weighted by molar-refractivity contribution is -0.129. The molecule has 5 heteroatoms. The van der Waals surface area contributed by atoms with Crippen LogP contribution in [0.25, 0.3) is 0 Å². The lowest BCUT2D eigenvalue weighted by atomic mass is 10.1. The zero-order valence-corrected chi connectivity index (χ0v) is 14.0. The molecule has 4 nitrogen and oxygen atoms in total. The average Bonchev–Trinajstić information content (AvgIpc) is 2.11. The number of sulfone groups is 1. The van der Waals surface area contributed by atoms with E-state index in [0.717, 1.165) is 0 Å². The summed E-state index contributed by atoms with van der Waals surface area (Å²) in [5.41, 5.74) is 0. The van der Waals surface area contributed by atoms with Crippen LogP contribution in [0, 0.1) is 17.8 Å². The van der Waals surface area contributed by atoms with E-state index in [-0.39, 0.29) is 23.3 Å². The third kappa shape index (κ3) is 9.03. The maximum absolute atomic E-state index is 12.2. The van der Waals surface area contributed by atoms with Gasteiger partial charge in [-0.2, -0.15) is 0 Å². The first-order valence-electron chi connectivity index (χ1n) is 7.01. The Morgan fingerprint density at radius 2 is 1.32 bits per heavy atom. The first-order chi connectivity index (χ1) is 8.53. The van der Waals surface area contributed by atoms with E-state index in [4.69, 9.17) is 0 Å². The van der Waals surface area contributed by atoms with Crippen LogP contribution < -0.4 is 0 Å². The van der Waals surface area contributed by atoms with Gasteiger partial charge in [-0.05, 0) is 17.8 Å². The molecular formula is C14H29NO3S. The monoisotopic (exact) mass is 291 g/mol. The molecule has 0 aliphatic heterocycles. The number of hydrogen-bond acceptors (Lipinski definition) is 3. The van der Waals surface area contributed by atoms with Crippen molar-refractivity contribution in [3.8, 4) is 0 Å². The highest BCUT2D eigenvalue weighted by atomic mass is 32.2. The third-order valence-electron chi connectivity index (χ3n) is 2.45. The minimum Gasteiger partial charge on any atom is -0.341 e. The molecular weight excluding hydrogens is 262 g/mol. The summed E-state index contributed by atoms with van der Waals surface area (Å²) in [7, 11) is -3.29. The van der Waals surface area contributed by atoms with Crippen molar-refractivity contribution < 1.29 is 13.2 Å². The lowest BCUT2D eigenvalue weighted by Gasteiger charge is -2.26. The molecule has 0 aromatic carbocycles. The molecule has 0 heterocycles.